The van der Waals surface area contributed by atoms with Crippen LogP contribution < -0.4 is 10.1 Å². The Morgan fingerprint density at radius 1 is 1.42 bits per heavy atom. The zero-order valence-corrected chi connectivity index (χ0v) is 12.5. The van der Waals surface area contributed by atoms with E-state index in [2.05, 4.69) is 36.3 Å². The first-order valence-corrected chi connectivity index (χ1v) is 7.42. The molecule has 0 radical (unpaired) electrons. The number of benzene rings is 1. The Labute approximate surface area is 118 Å². The molecule has 2 rings (SSSR count). The van der Waals surface area contributed by atoms with Gasteiger partial charge in [0.1, 0.15) is 10.8 Å². The molecule has 0 saturated heterocycles. The van der Waals surface area contributed by atoms with Crippen LogP contribution >= 0.6 is 11.3 Å². The third-order valence-electron chi connectivity index (χ3n) is 2.94. The molecule has 0 aliphatic carbocycles. The number of hydrogen-bond acceptors (Lipinski definition) is 4. The number of ether oxygens (including phenoxy) is 1. The van der Waals surface area contributed by atoms with Crippen molar-refractivity contribution in [2.75, 3.05) is 13.7 Å². The second kappa shape index (κ2) is 6.68. The Morgan fingerprint density at radius 2 is 2.26 bits per heavy atom. The smallest absolute Gasteiger partial charge is 0.123 e. The molecule has 1 aromatic carbocycles. The minimum Gasteiger partial charge on any atom is -0.494 e. The molecule has 1 aromatic heterocycles. The average Bonchev–Trinajstić information content (AvgIpc) is 2.94. The highest BCUT2D eigenvalue weighted by Gasteiger charge is 2.09. The lowest BCUT2D eigenvalue weighted by Crippen LogP contribution is -2.10. The second-order valence-corrected chi connectivity index (χ2v) is 5.52. The quantitative estimate of drug-likeness (QED) is 0.869. The monoisotopic (exact) mass is 276 g/mol. The summed E-state index contributed by atoms with van der Waals surface area (Å²) >= 11 is 1.72. The Bertz CT molecular complexity index is 524. The molecule has 3 nitrogen and oxygen atoms in total. The van der Waals surface area contributed by atoms with Crippen LogP contribution in [0, 0.1) is 0 Å². The van der Waals surface area contributed by atoms with Gasteiger partial charge in [0.15, 0.2) is 0 Å². The zero-order valence-electron chi connectivity index (χ0n) is 11.6. The lowest BCUT2D eigenvalue weighted by molar-refractivity contribution is 0.317. The predicted molar refractivity (Wildman–Crippen MR) is 80.8 cm³/mol. The van der Waals surface area contributed by atoms with Crippen LogP contribution in [0.25, 0.3) is 10.6 Å². The van der Waals surface area contributed by atoms with Crippen LogP contribution in [0.3, 0.4) is 0 Å². The van der Waals surface area contributed by atoms with Gasteiger partial charge in [0.05, 0.1) is 6.61 Å². The summed E-state index contributed by atoms with van der Waals surface area (Å²) in [5.41, 5.74) is 1.12. The van der Waals surface area contributed by atoms with E-state index >= 15 is 0 Å². The maximum Gasteiger partial charge on any atom is 0.123 e. The zero-order chi connectivity index (χ0) is 13.7. The highest BCUT2D eigenvalue weighted by Crippen LogP contribution is 2.30. The lowest BCUT2D eigenvalue weighted by Gasteiger charge is -2.06. The summed E-state index contributed by atoms with van der Waals surface area (Å²) in [6.07, 6.45) is 2.96. The number of hydrogen-bond donors (Lipinski definition) is 1. The topological polar surface area (TPSA) is 34.1 Å². The van der Waals surface area contributed by atoms with Crippen molar-refractivity contribution in [1.82, 2.24) is 10.3 Å². The SMILES string of the molecule is CCCOc1cccc(-c2ncc(C(C)NC)s2)c1. The number of nitrogens with zero attached hydrogens (tertiary/aromatic N) is 1. The molecule has 0 aliphatic rings. The van der Waals surface area contributed by atoms with Crippen LogP contribution in [0.2, 0.25) is 0 Å². The van der Waals surface area contributed by atoms with Gasteiger partial charge in [-0.05, 0) is 32.5 Å². The molecule has 1 unspecified atom stereocenters. The fourth-order valence-corrected chi connectivity index (χ4v) is 2.67. The highest BCUT2D eigenvalue weighted by molar-refractivity contribution is 7.15. The Balaban J connectivity index is 2.19. The molecule has 0 bridgehead atoms. The maximum absolute atomic E-state index is 5.66. The predicted octanol–water partition coefficient (Wildman–Crippen LogP) is 3.88. The third-order valence-corrected chi connectivity index (χ3v) is 4.17. The van der Waals surface area contributed by atoms with E-state index in [1.807, 2.05) is 25.4 Å². The molecule has 4 heteroatoms. The molecule has 0 saturated carbocycles. The highest BCUT2D eigenvalue weighted by atomic mass is 32.1. The fraction of sp³-hybridized carbons (Fsp3) is 0.400. The average molecular weight is 276 g/mol. The molecule has 0 fully saturated rings. The minimum absolute atomic E-state index is 0.339. The van der Waals surface area contributed by atoms with Gasteiger partial charge in [0.25, 0.3) is 0 Å². The van der Waals surface area contributed by atoms with Crippen LogP contribution in [0.5, 0.6) is 5.75 Å². The van der Waals surface area contributed by atoms with Crippen molar-refractivity contribution in [2.24, 2.45) is 0 Å². The van der Waals surface area contributed by atoms with Crippen molar-refractivity contribution in [3.8, 4) is 16.3 Å². The summed E-state index contributed by atoms with van der Waals surface area (Å²) < 4.78 is 5.66. The van der Waals surface area contributed by atoms with E-state index in [4.69, 9.17) is 4.74 Å². The summed E-state index contributed by atoms with van der Waals surface area (Å²) in [6.45, 7) is 5.00. The first kappa shape index (κ1) is 14.0. The first-order valence-electron chi connectivity index (χ1n) is 6.60. The van der Waals surface area contributed by atoms with E-state index in [1.54, 1.807) is 11.3 Å². The van der Waals surface area contributed by atoms with E-state index in [9.17, 15) is 0 Å². The maximum atomic E-state index is 5.66. The van der Waals surface area contributed by atoms with Gasteiger partial charge in [-0.3, -0.25) is 0 Å². The molecule has 0 amide bonds. The molecule has 1 heterocycles. The normalized spacial score (nSPS) is 12.4. The summed E-state index contributed by atoms with van der Waals surface area (Å²) in [5, 5.41) is 4.27. The van der Waals surface area contributed by atoms with Crippen LogP contribution in [0.4, 0.5) is 0 Å². The number of aromatic nitrogens is 1. The van der Waals surface area contributed by atoms with Gasteiger partial charge in [0.2, 0.25) is 0 Å². The van der Waals surface area contributed by atoms with Gasteiger partial charge >= 0.3 is 0 Å². The third kappa shape index (κ3) is 3.55. The largest absolute Gasteiger partial charge is 0.494 e. The number of rotatable bonds is 6. The molecule has 1 N–H and O–H groups in total. The van der Waals surface area contributed by atoms with Crippen molar-refractivity contribution >= 4 is 11.3 Å². The molecular formula is C15H20N2OS. The minimum atomic E-state index is 0.339. The Morgan fingerprint density at radius 3 is 3.00 bits per heavy atom. The van der Waals surface area contributed by atoms with Crippen molar-refractivity contribution in [1.29, 1.82) is 0 Å². The summed E-state index contributed by atoms with van der Waals surface area (Å²) in [4.78, 5) is 5.75. The van der Waals surface area contributed by atoms with Crippen molar-refractivity contribution < 1.29 is 4.74 Å². The van der Waals surface area contributed by atoms with Gasteiger partial charge in [-0.25, -0.2) is 4.98 Å². The lowest BCUT2D eigenvalue weighted by atomic mass is 10.2. The summed E-state index contributed by atoms with van der Waals surface area (Å²) in [7, 11) is 1.96. The van der Waals surface area contributed by atoms with Crippen LogP contribution in [0.15, 0.2) is 30.5 Å². The molecule has 102 valence electrons. The molecule has 0 aliphatic heterocycles. The van der Waals surface area contributed by atoms with Crippen molar-refractivity contribution in [3.05, 3.63) is 35.3 Å². The molecule has 2 aromatic rings. The number of thiazole rings is 1. The van der Waals surface area contributed by atoms with Crippen molar-refractivity contribution in [2.45, 2.75) is 26.3 Å². The van der Waals surface area contributed by atoms with Crippen molar-refractivity contribution in [3.63, 3.8) is 0 Å². The van der Waals surface area contributed by atoms with Gasteiger partial charge in [-0.15, -0.1) is 11.3 Å². The van der Waals surface area contributed by atoms with Gasteiger partial charge in [-0.1, -0.05) is 19.1 Å². The standard InChI is InChI=1S/C15H20N2OS/c1-4-8-18-13-7-5-6-12(9-13)15-17-10-14(19-15)11(2)16-3/h5-7,9-11,16H,4,8H2,1-3H3. The first-order chi connectivity index (χ1) is 9.24. The van der Waals surface area contributed by atoms with E-state index in [0.717, 1.165) is 29.3 Å². The van der Waals surface area contributed by atoms with E-state index in [0.29, 0.717) is 6.04 Å². The Hall–Kier alpha value is -1.39. The fourth-order valence-electron chi connectivity index (χ4n) is 1.70. The van der Waals surface area contributed by atoms with E-state index < -0.39 is 0 Å². The summed E-state index contributed by atoms with van der Waals surface area (Å²) in [6, 6.07) is 8.48. The van der Waals surface area contributed by atoms with Gasteiger partial charge in [-0.2, -0.15) is 0 Å². The van der Waals surface area contributed by atoms with E-state index in [1.165, 1.54) is 4.88 Å². The molecular weight excluding hydrogens is 256 g/mol. The van der Waals surface area contributed by atoms with Crippen LogP contribution in [-0.4, -0.2) is 18.6 Å². The van der Waals surface area contributed by atoms with Gasteiger partial charge in [0, 0.05) is 22.7 Å². The number of nitrogens with one attached hydrogen (secondary N) is 1. The molecule has 19 heavy (non-hydrogen) atoms. The Kier molecular flexibility index (Phi) is 4.93. The van der Waals surface area contributed by atoms with Crippen LogP contribution in [0.1, 0.15) is 31.2 Å². The van der Waals surface area contributed by atoms with Crippen LogP contribution in [-0.2, 0) is 0 Å². The van der Waals surface area contributed by atoms with E-state index in [-0.39, 0.29) is 0 Å². The van der Waals surface area contributed by atoms with Gasteiger partial charge < -0.3 is 10.1 Å². The molecule has 1 atom stereocenters. The summed E-state index contributed by atoms with van der Waals surface area (Å²) in [5.74, 6) is 0.915. The second-order valence-electron chi connectivity index (χ2n) is 4.45. The molecule has 0 spiro atoms.